The van der Waals surface area contributed by atoms with Crippen molar-refractivity contribution in [3.05, 3.63) is 24.5 Å². The quantitative estimate of drug-likeness (QED) is 0.161. The summed E-state index contributed by atoms with van der Waals surface area (Å²) in [5.41, 5.74) is 0. The van der Waals surface area contributed by atoms with Crippen LogP contribution in [0, 0.1) is 0 Å². The zero-order valence-corrected chi connectivity index (χ0v) is 19.3. The van der Waals surface area contributed by atoms with Crippen molar-refractivity contribution in [1.82, 2.24) is 20.3 Å². The Hall–Kier alpha value is -0.980. The van der Waals surface area contributed by atoms with Gasteiger partial charge in [0.2, 0.25) is 10.0 Å². The molecule has 0 aliphatic carbocycles. The summed E-state index contributed by atoms with van der Waals surface area (Å²) in [4.78, 5) is 8.43. The van der Waals surface area contributed by atoms with Gasteiger partial charge in [-0.2, -0.15) is 0 Å². The number of aliphatic imine (C=N–C) groups is 1. The molecule has 0 saturated carbocycles. The lowest BCUT2D eigenvalue weighted by Crippen LogP contribution is -2.41. The first-order valence-electron chi connectivity index (χ1n) is 9.09. The van der Waals surface area contributed by atoms with Crippen molar-refractivity contribution in [2.75, 3.05) is 39.4 Å². The van der Waals surface area contributed by atoms with Gasteiger partial charge in [-0.05, 0) is 31.9 Å². The molecular formula is C17H32IN5O3S. The van der Waals surface area contributed by atoms with Crippen LogP contribution in [0.4, 0.5) is 0 Å². The van der Waals surface area contributed by atoms with Crippen molar-refractivity contribution < 1.29 is 13.2 Å². The molecule has 0 atom stereocenters. The van der Waals surface area contributed by atoms with E-state index in [2.05, 4.69) is 32.3 Å². The molecule has 1 rings (SSSR count). The minimum absolute atomic E-state index is 0. The molecule has 0 radical (unpaired) electrons. The van der Waals surface area contributed by atoms with Gasteiger partial charge < -0.3 is 15.4 Å². The highest BCUT2D eigenvalue weighted by atomic mass is 127. The lowest BCUT2D eigenvalue weighted by molar-refractivity contribution is 0.130. The Morgan fingerprint density at radius 3 is 2.63 bits per heavy atom. The van der Waals surface area contributed by atoms with Crippen LogP contribution in [0.15, 0.2) is 34.4 Å². The number of nitrogens with one attached hydrogen (secondary N) is 3. The molecule has 3 N–H and O–H groups in total. The molecule has 8 nitrogen and oxygen atoms in total. The second-order valence-corrected chi connectivity index (χ2v) is 7.36. The van der Waals surface area contributed by atoms with Crippen molar-refractivity contribution in [1.29, 1.82) is 0 Å². The number of pyridine rings is 1. The standard InChI is InChI=1S/C17H31N5O3S.HI/c1-3-5-13-25-14-7-10-20-17(19-4-2)21-11-12-22-26(23,24)16-8-6-9-18-15-16;/h6,8-9,15,22H,3-5,7,10-14H2,1-2H3,(H2,19,20,21);1H. The first kappa shape index (κ1) is 26.0. The molecule has 0 unspecified atom stereocenters. The Balaban J connectivity index is 0.00000676. The molecule has 0 bridgehead atoms. The Bertz CT molecular complexity index is 614. The van der Waals surface area contributed by atoms with Crippen LogP contribution in [-0.4, -0.2) is 58.8 Å². The summed E-state index contributed by atoms with van der Waals surface area (Å²) in [6.07, 6.45) is 5.94. The Morgan fingerprint density at radius 2 is 1.96 bits per heavy atom. The number of unbranched alkanes of at least 4 members (excludes halogenated alkanes) is 1. The van der Waals surface area contributed by atoms with Gasteiger partial charge in [-0.3, -0.25) is 9.98 Å². The highest BCUT2D eigenvalue weighted by Gasteiger charge is 2.12. The molecule has 0 amide bonds. The number of halogens is 1. The van der Waals surface area contributed by atoms with E-state index in [1.165, 1.54) is 18.5 Å². The first-order chi connectivity index (χ1) is 12.6. The topological polar surface area (TPSA) is 105 Å². The van der Waals surface area contributed by atoms with Crippen molar-refractivity contribution >= 4 is 40.0 Å². The maximum atomic E-state index is 12.1. The molecule has 1 aromatic heterocycles. The molecule has 1 heterocycles. The molecule has 0 aliphatic heterocycles. The maximum Gasteiger partial charge on any atom is 0.242 e. The average molecular weight is 513 g/mol. The van der Waals surface area contributed by atoms with Gasteiger partial charge in [0.15, 0.2) is 5.96 Å². The van der Waals surface area contributed by atoms with Crippen LogP contribution >= 0.6 is 24.0 Å². The summed E-state index contributed by atoms with van der Waals surface area (Å²) in [5, 5.41) is 6.25. The second-order valence-electron chi connectivity index (χ2n) is 5.59. The molecule has 0 saturated heterocycles. The zero-order chi connectivity index (χ0) is 19.1. The molecule has 0 aliphatic rings. The zero-order valence-electron chi connectivity index (χ0n) is 16.1. The Morgan fingerprint density at radius 1 is 1.19 bits per heavy atom. The molecular weight excluding hydrogens is 481 g/mol. The lowest BCUT2D eigenvalue weighted by atomic mass is 10.4. The largest absolute Gasteiger partial charge is 0.381 e. The summed E-state index contributed by atoms with van der Waals surface area (Å²) < 4.78 is 32.2. The summed E-state index contributed by atoms with van der Waals surface area (Å²) >= 11 is 0. The third-order valence-corrected chi connectivity index (χ3v) is 4.80. The minimum atomic E-state index is -3.53. The van der Waals surface area contributed by atoms with E-state index in [9.17, 15) is 8.42 Å². The smallest absolute Gasteiger partial charge is 0.242 e. The maximum absolute atomic E-state index is 12.1. The van der Waals surface area contributed by atoms with Crippen LogP contribution < -0.4 is 15.4 Å². The van der Waals surface area contributed by atoms with E-state index in [1.54, 1.807) is 6.07 Å². The van der Waals surface area contributed by atoms with E-state index in [1.807, 2.05) is 6.92 Å². The van der Waals surface area contributed by atoms with Crippen LogP contribution in [0.2, 0.25) is 0 Å². The molecule has 0 spiro atoms. The van der Waals surface area contributed by atoms with Gasteiger partial charge in [0.05, 0.1) is 0 Å². The van der Waals surface area contributed by atoms with Crippen LogP contribution in [0.25, 0.3) is 0 Å². The van der Waals surface area contributed by atoms with Gasteiger partial charge in [0.1, 0.15) is 4.90 Å². The molecule has 156 valence electrons. The predicted molar refractivity (Wildman–Crippen MR) is 119 cm³/mol. The van der Waals surface area contributed by atoms with Crippen molar-refractivity contribution in [3.63, 3.8) is 0 Å². The number of aromatic nitrogens is 1. The summed E-state index contributed by atoms with van der Waals surface area (Å²) in [6, 6.07) is 3.10. The highest BCUT2D eigenvalue weighted by Crippen LogP contribution is 2.04. The molecule has 1 aromatic rings. The second kappa shape index (κ2) is 16.0. The normalized spacial score (nSPS) is 11.7. The van der Waals surface area contributed by atoms with Crippen LogP contribution in [-0.2, 0) is 14.8 Å². The van der Waals surface area contributed by atoms with E-state index < -0.39 is 10.0 Å². The Labute approximate surface area is 180 Å². The minimum Gasteiger partial charge on any atom is -0.381 e. The summed E-state index contributed by atoms with van der Waals surface area (Å²) in [5.74, 6) is 0.668. The van der Waals surface area contributed by atoms with Gasteiger partial charge in [-0.25, -0.2) is 13.1 Å². The van der Waals surface area contributed by atoms with Crippen LogP contribution in [0.5, 0.6) is 0 Å². The number of rotatable bonds is 13. The lowest BCUT2D eigenvalue weighted by Gasteiger charge is -2.12. The SMILES string of the molecule is CCCCOCCCN=C(NCC)NCCNS(=O)(=O)c1cccnc1.I. The van der Waals surface area contributed by atoms with Gasteiger partial charge in [-0.1, -0.05) is 13.3 Å². The van der Waals surface area contributed by atoms with Crippen molar-refractivity contribution in [2.45, 2.75) is 38.0 Å². The fourth-order valence-electron chi connectivity index (χ4n) is 2.00. The third kappa shape index (κ3) is 12.2. The van der Waals surface area contributed by atoms with Gasteiger partial charge in [0, 0.05) is 51.8 Å². The highest BCUT2D eigenvalue weighted by molar-refractivity contribution is 14.0. The number of guanidine groups is 1. The van der Waals surface area contributed by atoms with Gasteiger partial charge >= 0.3 is 0 Å². The Kier molecular flexibility index (Phi) is 15.4. The number of nitrogens with zero attached hydrogens (tertiary/aromatic N) is 2. The van der Waals surface area contributed by atoms with Gasteiger partial charge in [-0.15, -0.1) is 24.0 Å². The number of hydrogen-bond acceptors (Lipinski definition) is 5. The van der Waals surface area contributed by atoms with Crippen LogP contribution in [0.1, 0.15) is 33.1 Å². The number of ether oxygens (including phenoxy) is 1. The first-order valence-corrected chi connectivity index (χ1v) is 10.6. The van der Waals surface area contributed by atoms with E-state index in [0.29, 0.717) is 25.7 Å². The monoisotopic (exact) mass is 513 g/mol. The predicted octanol–water partition coefficient (Wildman–Crippen LogP) is 1.74. The number of sulfonamides is 1. The summed E-state index contributed by atoms with van der Waals surface area (Å²) in [7, 11) is -3.53. The van der Waals surface area contributed by atoms with Crippen molar-refractivity contribution in [2.24, 2.45) is 4.99 Å². The number of hydrogen-bond donors (Lipinski definition) is 3. The van der Waals surface area contributed by atoms with Crippen molar-refractivity contribution in [3.8, 4) is 0 Å². The molecule has 0 fully saturated rings. The molecule has 0 aromatic carbocycles. The van der Waals surface area contributed by atoms with E-state index in [-0.39, 0.29) is 35.4 Å². The molecule has 10 heteroatoms. The average Bonchev–Trinajstić information content (AvgIpc) is 2.65. The van der Waals surface area contributed by atoms with E-state index in [4.69, 9.17) is 4.74 Å². The fourth-order valence-corrected chi connectivity index (χ4v) is 3.00. The molecule has 27 heavy (non-hydrogen) atoms. The van der Waals surface area contributed by atoms with Crippen LogP contribution in [0.3, 0.4) is 0 Å². The summed E-state index contributed by atoms with van der Waals surface area (Å²) in [6.45, 7) is 7.70. The van der Waals surface area contributed by atoms with E-state index in [0.717, 1.165) is 32.4 Å². The van der Waals surface area contributed by atoms with E-state index >= 15 is 0 Å². The third-order valence-electron chi connectivity index (χ3n) is 3.36. The van der Waals surface area contributed by atoms with Gasteiger partial charge in [0.25, 0.3) is 0 Å². The fraction of sp³-hybridized carbons (Fsp3) is 0.647.